The van der Waals surface area contributed by atoms with Gasteiger partial charge in [0.2, 0.25) is 5.91 Å². The predicted octanol–water partition coefficient (Wildman–Crippen LogP) is -0.345. The maximum Gasteiger partial charge on any atom is 0.516 e. The van der Waals surface area contributed by atoms with Gasteiger partial charge in [0.15, 0.2) is 0 Å². The van der Waals surface area contributed by atoms with E-state index in [0.717, 1.165) is 4.72 Å². The van der Waals surface area contributed by atoms with E-state index in [2.05, 4.69) is 0 Å². The Morgan fingerprint density at radius 2 is 1.62 bits per heavy atom. The number of carbonyl (C=O) groups excluding carboxylic acids is 2. The van der Waals surface area contributed by atoms with Gasteiger partial charge in [-0.05, 0) is 25.7 Å². The molecule has 0 radical (unpaired) electrons. The third kappa shape index (κ3) is 5.31. The van der Waals surface area contributed by atoms with Gasteiger partial charge >= 0.3 is 21.5 Å². The van der Waals surface area contributed by atoms with E-state index in [9.17, 15) is 31.2 Å². The molecule has 1 fully saturated rings. The fraction of sp³-hybridized carbons (Fsp3) is 0.833. The molecular weight excluding hydrogens is 359 g/mol. The summed E-state index contributed by atoms with van der Waals surface area (Å²) < 4.78 is 64.4. The van der Waals surface area contributed by atoms with Crippen molar-refractivity contribution in [3.8, 4) is 0 Å². The molecule has 0 bridgehead atoms. The van der Waals surface area contributed by atoms with Gasteiger partial charge in [-0.3, -0.25) is 9.59 Å². The summed E-state index contributed by atoms with van der Waals surface area (Å²) >= 11 is 0. The first-order valence-electron chi connectivity index (χ1n) is 7.07. The molecule has 0 unspecified atom stereocenters. The zero-order valence-electron chi connectivity index (χ0n) is 12.5. The summed E-state index contributed by atoms with van der Waals surface area (Å²) in [6.07, 6.45) is -0.222. The number of hydrogen-bond donors (Lipinski definition) is 3. The molecule has 0 heterocycles. The Labute approximate surface area is 136 Å². The number of rotatable bonds is 6. The molecule has 1 aliphatic rings. The highest BCUT2D eigenvalue weighted by atomic mass is 32.2. The van der Waals surface area contributed by atoms with Crippen molar-refractivity contribution in [2.24, 2.45) is 11.8 Å². The predicted molar refractivity (Wildman–Crippen MR) is 72.6 cm³/mol. The molecule has 1 amide bonds. The fourth-order valence-corrected chi connectivity index (χ4v) is 2.73. The second kappa shape index (κ2) is 8.12. The number of sulfonamides is 1. The van der Waals surface area contributed by atoms with Crippen molar-refractivity contribution in [3.05, 3.63) is 0 Å². The SMILES string of the molecule is O=C(NS(=O)(=O)C(F)(F)F)C1CCC(OC(=O)C(CO)CO)CC1. The number of carbonyl (C=O) groups is 2. The van der Waals surface area contributed by atoms with Crippen LogP contribution in [0.5, 0.6) is 0 Å². The highest BCUT2D eigenvalue weighted by Crippen LogP contribution is 2.28. The van der Waals surface area contributed by atoms with Crippen molar-refractivity contribution >= 4 is 21.9 Å². The van der Waals surface area contributed by atoms with Crippen LogP contribution in [0.25, 0.3) is 0 Å². The van der Waals surface area contributed by atoms with Gasteiger partial charge in [-0.15, -0.1) is 0 Å². The molecule has 24 heavy (non-hydrogen) atoms. The lowest BCUT2D eigenvalue weighted by Crippen LogP contribution is -2.44. The molecule has 0 atom stereocenters. The molecule has 0 aromatic carbocycles. The number of aliphatic hydroxyl groups is 2. The van der Waals surface area contributed by atoms with Gasteiger partial charge in [0.1, 0.15) is 12.0 Å². The van der Waals surface area contributed by atoms with E-state index in [1.165, 1.54) is 0 Å². The molecule has 0 saturated heterocycles. The third-order valence-electron chi connectivity index (χ3n) is 3.64. The minimum atomic E-state index is -5.74. The number of esters is 1. The lowest BCUT2D eigenvalue weighted by molar-refractivity contribution is -0.159. The number of hydrogen-bond acceptors (Lipinski definition) is 7. The molecule has 3 N–H and O–H groups in total. The molecule has 0 spiro atoms. The number of halogens is 3. The highest BCUT2D eigenvalue weighted by Gasteiger charge is 2.47. The Hall–Kier alpha value is -1.40. The van der Waals surface area contributed by atoms with Crippen molar-refractivity contribution < 1.29 is 46.1 Å². The first-order chi connectivity index (χ1) is 11.0. The zero-order valence-corrected chi connectivity index (χ0v) is 13.3. The van der Waals surface area contributed by atoms with Crippen LogP contribution in [0.15, 0.2) is 0 Å². The molecule has 0 aromatic rings. The summed E-state index contributed by atoms with van der Waals surface area (Å²) in [5, 5.41) is 17.7. The first-order valence-corrected chi connectivity index (χ1v) is 8.55. The van der Waals surface area contributed by atoms with Gasteiger partial charge in [0, 0.05) is 5.92 Å². The maximum atomic E-state index is 12.2. The lowest BCUT2D eigenvalue weighted by atomic mass is 9.87. The quantitative estimate of drug-likeness (QED) is 0.540. The van der Waals surface area contributed by atoms with Crippen LogP contribution in [0.3, 0.4) is 0 Å². The molecule has 140 valence electrons. The summed E-state index contributed by atoms with van der Waals surface area (Å²) in [6, 6.07) is 0. The van der Waals surface area contributed by atoms with Gasteiger partial charge < -0.3 is 14.9 Å². The van der Waals surface area contributed by atoms with Crippen molar-refractivity contribution in [2.45, 2.75) is 37.3 Å². The molecular formula is C12H18F3NO7S. The summed E-state index contributed by atoms with van der Waals surface area (Å²) in [7, 11) is -5.74. The minimum Gasteiger partial charge on any atom is -0.462 e. The number of ether oxygens (including phenoxy) is 1. The fourth-order valence-electron chi connectivity index (χ4n) is 2.18. The third-order valence-corrected chi connectivity index (χ3v) is 4.72. The standard InChI is InChI=1S/C12H18F3NO7S/c13-12(14,15)24(21,22)16-10(19)7-1-3-9(4-2-7)23-11(20)8(5-17)6-18/h7-9,17-18H,1-6H2,(H,16,19). The smallest absolute Gasteiger partial charge is 0.462 e. The van der Waals surface area contributed by atoms with Gasteiger partial charge in [-0.25, -0.2) is 4.72 Å². The molecule has 0 aromatic heterocycles. The van der Waals surface area contributed by atoms with E-state index in [-0.39, 0.29) is 25.7 Å². The summed E-state index contributed by atoms with van der Waals surface area (Å²) in [6.45, 7) is -1.19. The van der Waals surface area contributed by atoms with Crippen LogP contribution in [0.2, 0.25) is 0 Å². The van der Waals surface area contributed by atoms with Crippen molar-refractivity contribution in [3.63, 3.8) is 0 Å². The van der Waals surface area contributed by atoms with Crippen molar-refractivity contribution in [1.82, 2.24) is 4.72 Å². The Morgan fingerprint density at radius 1 is 1.12 bits per heavy atom. The summed E-state index contributed by atoms with van der Waals surface area (Å²) in [5.41, 5.74) is -5.57. The molecule has 8 nitrogen and oxygen atoms in total. The van der Waals surface area contributed by atoms with E-state index < -0.39 is 58.6 Å². The molecule has 1 rings (SSSR count). The molecule has 0 aliphatic heterocycles. The first kappa shape index (κ1) is 20.6. The van der Waals surface area contributed by atoms with Crippen molar-refractivity contribution in [2.75, 3.05) is 13.2 Å². The van der Waals surface area contributed by atoms with Crippen LogP contribution in [0.4, 0.5) is 13.2 Å². The Bertz CT molecular complexity index is 551. The van der Waals surface area contributed by atoms with Gasteiger partial charge in [-0.1, -0.05) is 0 Å². The average Bonchev–Trinajstić information content (AvgIpc) is 2.47. The van der Waals surface area contributed by atoms with Gasteiger partial charge in [0.05, 0.1) is 13.2 Å². The number of alkyl halides is 3. The van der Waals surface area contributed by atoms with Gasteiger partial charge in [0.25, 0.3) is 0 Å². The molecule has 1 saturated carbocycles. The van der Waals surface area contributed by atoms with E-state index in [0.29, 0.717) is 0 Å². The normalized spacial score (nSPS) is 22.2. The lowest BCUT2D eigenvalue weighted by Gasteiger charge is -2.28. The summed E-state index contributed by atoms with van der Waals surface area (Å²) in [5.74, 6) is -4.08. The average molecular weight is 377 g/mol. The Kier molecular flexibility index (Phi) is 6.98. The second-order valence-corrected chi connectivity index (χ2v) is 7.06. The Balaban J connectivity index is 2.51. The van der Waals surface area contributed by atoms with E-state index in [1.54, 1.807) is 0 Å². The molecule has 12 heteroatoms. The molecule has 1 aliphatic carbocycles. The van der Waals surface area contributed by atoms with E-state index in [1.807, 2.05) is 0 Å². The topological polar surface area (TPSA) is 130 Å². The minimum absolute atomic E-state index is 0.0417. The second-order valence-electron chi connectivity index (χ2n) is 5.39. The van der Waals surface area contributed by atoms with Crippen LogP contribution in [0.1, 0.15) is 25.7 Å². The van der Waals surface area contributed by atoms with Gasteiger partial charge in [-0.2, -0.15) is 21.6 Å². The van der Waals surface area contributed by atoms with E-state index >= 15 is 0 Å². The monoisotopic (exact) mass is 377 g/mol. The van der Waals surface area contributed by atoms with Crippen LogP contribution in [-0.2, 0) is 24.3 Å². The number of aliphatic hydroxyl groups excluding tert-OH is 2. The number of amides is 1. The van der Waals surface area contributed by atoms with Crippen LogP contribution in [-0.4, -0.2) is 55.3 Å². The summed E-state index contributed by atoms with van der Waals surface area (Å²) in [4.78, 5) is 23.2. The zero-order chi connectivity index (χ0) is 18.5. The highest BCUT2D eigenvalue weighted by molar-refractivity contribution is 7.90. The van der Waals surface area contributed by atoms with E-state index in [4.69, 9.17) is 14.9 Å². The van der Waals surface area contributed by atoms with Crippen LogP contribution >= 0.6 is 0 Å². The number of nitrogens with one attached hydrogen (secondary N) is 1. The van der Waals surface area contributed by atoms with Crippen LogP contribution < -0.4 is 4.72 Å². The largest absolute Gasteiger partial charge is 0.516 e. The maximum absolute atomic E-state index is 12.2. The Morgan fingerprint density at radius 3 is 2.04 bits per heavy atom. The van der Waals surface area contributed by atoms with Crippen molar-refractivity contribution in [1.29, 1.82) is 0 Å². The van der Waals surface area contributed by atoms with Crippen LogP contribution in [0, 0.1) is 11.8 Å².